The van der Waals surface area contributed by atoms with Crippen LogP contribution in [0, 0.1) is 0 Å². The van der Waals surface area contributed by atoms with Crippen molar-refractivity contribution in [2.75, 3.05) is 6.54 Å². The number of hydrogen-bond donors (Lipinski definition) is 3. The van der Waals surface area contributed by atoms with E-state index >= 15 is 0 Å². The van der Waals surface area contributed by atoms with E-state index in [1.165, 1.54) is 0 Å². The fraction of sp³-hybridized carbons (Fsp3) is 0.875. The number of nitrogens with two attached hydrogens (primary N) is 1. The minimum atomic E-state index is -0.829. The van der Waals surface area contributed by atoms with E-state index in [0.717, 1.165) is 32.2 Å². The van der Waals surface area contributed by atoms with E-state index < -0.39 is 12.0 Å². The molecule has 0 radical (unpaired) electrons. The van der Waals surface area contributed by atoms with E-state index in [1.54, 1.807) is 0 Å². The van der Waals surface area contributed by atoms with Crippen molar-refractivity contribution in [1.82, 2.24) is 5.32 Å². The van der Waals surface area contributed by atoms with Crippen molar-refractivity contribution in [3.8, 4) is 0 Å². The number of aliphatic carboxylic acids is 1. The Balaban J connectivity index is 2.48. The Bertz CT molecular complexity index is 161. The SMILES string of the molecule is NC1CCCCCNC1C(=O)O. The van der Waals surface area contributed by atoms with Gasteiger partial charge in [-0.05, 0) is 19.4 Å². The van der Waals surface area contributed by atoms with Gasteiger partial charge >= 0.3 is 5.97 Å². The van der Waals surface area contributed by atoms with E-state index in [9.17, 15) is 4.79 Å². The van der Waals surface area contributed by atoms with Crippen LogP contribution in [0.5, 0.6) is 0 Å². The molecule has 0 aliphatic carbocycles. The molecule has 0 aromatic heterocycles. The van der Waals surface area contributed by atoms with Gasteiger partial charge in [0.05, 0.1) is 0 Å². The highest BCUT2D eigenvalue weighted by atomic mass is 16.4. The van der Waals surface area contributed by atoms with Crippen LogP contribution in [0.15, 0.2) is 0 Å². The summed E-state index contributed by atoms with van der Waals surface area (Å²) in [6.45, 7) is 0.769. The Morgan fingerprint density at radius 2 is 2.17 bits per heavy atom. The predicted octanol–water partition coefficient (Wildman–Crippen LogP) is -0.0695. The predicted molar refractivity (Wildman–Crippen MR) is 45.9 cm³/mol. The van der Waals surface area contributed by atoms with Gasteiger partial charge in [-0.25, -0.2) is 0 Å². The van der Waals surface area contributed by atoms with Crippen LogP contribution in [0.2, 0.25) is 0 Å². The third-order valence-electron chi connectivity index (χ3n) is 2.27. The van der Waals surface area contributed by atoms with Crippen LogP contribution in [0.3, 0.4) is 0 Å². The Labute approximate surface area is 72.1 Å². The molecule has 70 valence electrons. The normalized spacial score (nSPS) is 32.1. The molecule has 0 aromatic rings. The van der Waals surface area contributed by atoms with Gasteiger partial charge in [-0.3, -0.25) is 4.79 Å². The Morgan fingerprint density at radius 1 is 1.42 bits per heavy atom. The van der Waals surface area contributed by atoms with Gasteiger partial charge in [0.25, 0.3) is 0 Å². The second kappa shape index (κ2) is 4.42. The van der Waals surface area contributed by atoms with Crippen LogP contribution < -0.4 is 11.1 Å². The van der Waals surface area contributed by atoms with Gasteiger partial charge < -0.3 is 16.2 Å². The maximum atomic E-state index is 10.7. The molecule has 0 aromatic carbocycles. The van der Waals surface area contributed by atoms with E-state index in [-0.39, 0.29) is 6.04 Å². The lowest BCUT2D eigenvalue weighted by molar-refractivity contribution is -0.140. The third-order valence-corrected chi connectivity index (χ3v) is 2.27. The van der Waals surface area contributed by atoms with E-state index in [2.05, 4.69) is 5.32 Å². The first kappa shape index (κ1) is 9.48. The molecule has 1 aliphatic rings. The lowest BCUT2D eigenvalue weighted by Crippen LogP contribution is -2.51. The van der Waals surface area contributed by atoms with Crippen LogP contribution in [0.4, 0.5) is 0 Å². The fourth-order valence-corrected chi connectivity index (χ4v) is 1.53. The third kappa shape index (κ3) is 2.46. The van der Waals surface area contributed by atoms with Gasteiger partial charge in [-0.1, -0.05) is 12.8 Å². The van der Waals surface area contributed by atoms with E-state index in [0.29, 0.717) is 0 Å². The minimum absolute atomic E-state index is 0.234. The van der Waals surface area contributed by atoms with Crippen LogP contribution in [-0.4, -0.2) is 29.7 Å². The molecule has 4 heteroatoms. The van der Waals surface area contributed by atoms with Crippen LogP contribution in [0.1, 0.15) is 25.7 Å². The summed E-state index contributed by atoms with van der Waals surface area (Å²) in [5.41, 5.74) is 5.71. The first-order chi connectivity index (χ1) is 5.72. The second-order valence-corrected chi connectivity index (χ2v) is 3.28. The van der Waals surface area contributed by atoms with Crippen LogP contribution >= 0.6 is 0 Å². The zero-order valence-corrected chi connectivity index (χ0v) is 7.12. The fourth-order valence-electron chi connectivity index (χ4n) is 1.53. The number of nitrogens with one attached hydrogen (secondary N) is 1. The van der Waals surface area contributed by atoms with Gasteiger partial charge in [-0.2, -0.15) is 0 Å². The topological polar surface area (TPSA) is 75.3 Å². The molecule has 0 spiro atoms. The summed E-state index contributed by atoms with van der Waals surface area (Å²) < 4.78 is 0. The van der Waals surface area contributed by atoms with Gasteiger partial charge in [0, 0.05) is 6.04 Å². The summed E-state index contributed by atoms with van der Waals surface area (Å²) in [4.78, 5) is 10.7. The van der Waals surface area contributed by atoms with Gasteiger partial charge in [0.15, 0.2) is 0 Å². The first-order valence-corrected chi connectivity index (χ1v) is 4.43. The number of carboxylic acids is 1. The van der Waals surface area contributed by atoms with Crippen molar-refractivity contribution >= 4 is 5.97 Å². The maximum absolute atomic E-state index is 10.7. The summed E-state index contributed by atoms with van der Waals surface area (Å²) in [6, 6.07) is -0.784. The standard InChI is InChI=1S/C8H16N2O2/c9-6-4-2-1-3-5-10-7(6)8(11)12/h6-7,10H,1-5,9H2,(H,11,12). The first-order valence-electron chi connectivity index (χ1n) is 4.43. The lowest BCUT2D eigenvalue weighted by atomic mass is 9.99. The molecular formula is C8H16N2O2. The minimum Gasteiger partial charge on any atom is -0.480 e. The molecule has 1 heterocycles. The molecule has 2 atom stereocenters. The van der Waals surface area contributed by atoms with Gasteiger partial charge in [0.2, 0.25) is 0 Å². The Morgan fingerprint density at radius 3 is 2.83 bits per heavy atom. The van der Waals surface area contributed by atoms with E-state index in [4.69, 9.17) is 10.8 Å². The zero-order valence-electron chi connectivity index (χ0n) is 7.12. The number of rotatable bonds is 1. The second-order valence-electron chi connectivity index (χ2n) is 3.28. The quantitative estimate of drug-likeness (QED) is 0.517. The Kier molecular flexibility index (Phi) is 3.49. The maximum Gasteiger partial charge on any atom is 0.322 e. The smallest absolute Gasteiger partial charge is 0.322 e. The average molecular weight is 172 g/mol. The molecule has 4 nitrogen and oxygen atoms in total. The van der Waals surface area contributed by atoms with Crippen molar-refractivity contribution in [1.29, 1.82) is 0 Å². The van der Waals surface area contributed by atoms with Crippen LogP contribution in [0.25, 0.3) is 0 Å². The molecule has 12 heavy (non-hydrogen) atoms. The van der Waals surface area contributed by atoms with Crippen molar-refractivity contribution in [3.63, 3.8) is 0 Å². The van der Waals surface area contributed by atoms with Crippen molar-refractivity contribution in [2.24, 2.45) is 5.73 Å². The molecule has 1 saturated heterocycles. The summed E-state index contributed by atoms with van der Waals surface area (Å²) in [5.74, 6) is -0.829. The van der Waals surface area contributed by atoms with Gasteiger partial charge in [0.1, 0.15) is 6.04 Å². The summed E-state index contributed by atoms with van der Waals surface area (Å²) in [7, 11) is 0. The van der Waals surface area contributed by atoms with Crippen molar-refractivity contribution in [2.45, 2.75) is 37.8 Å². The summed E-state index contributed by atoms with van der Waals surface area (Å²) in [5, 5.41) is 11.7. The molecule has 0 saturated carbocycles. The molecule has 0 amide bonds. The summed E-state index contributed by atoms with van der Waals surface area (Å²) in [6.07, 6.45) is 4.06. The molecule has 2 unspecified atom stereocenters. The Hall–Kier alpha value is -0.610. The highest BCUT2D eigenvalue weighted by Gasteiger charge is 2.24. The molecule has 0 bridgehead atoms. The lowest BCUT2D eigenvalue weighted by Gasteiger charge is -2.23. The van der Waals surface area contributed by atoms with Gasteiger partial charge in [-0.15, -0.1) is 0 Å². The van der Waals surface area contributed by atoms with Crippen molar-refractivity contribution in [3.05, 3.63) is 0 Å². The monoisotopic (exact) mass is 172 g/mol. The number of hydrogen-bond acceptors (Lipinski definition) is 3. The largest absolute Gasteiger partial charge is 0.480 e. The molecule has 1 fully saturated rings. The van der Waals surface area contributed by atoms with Crippen LogP contribution in [-0.2, 0) is 4.79 Å². The molecular weight excluding hydrogens is 156 g/mol. The number of carboxylic acid groups (broad SMARTS) is 1. The zero-order chi connectivity index (χ0) is 8.97. The molecule has 1 aliphatic heterocycles. The van der Waals surface area contributed by atoms with E-state index in [1.807, 2.05) is 0 Å². The molecule has 4 N–H and O–H groups in total. The van der Waals surface area contributed by atoms with Crippen molar-refractivity contribution < 1.29 is 9.90 Å². The highest BCUT2D eigenvalue weighted by Crippen LogP contribution is 2.08. The number of carbonyl (C=O) groups is 1. The summed E-state index contributed by atoms with van der Waals surface area (Å²) >= 11 is 0. The molecule has 1 rings (SSSR count). The average Bonchev–Trinajstić information content (AvgIpc) is 1.96. The highest BCUT2D eigenvalue weighted by molar-refractivity contribution is 5.74.